The van der Waals surface area contributed by atoms with Crippen LogP contribution >= 0.6 is 0 Å². The summed E-state index contributed by atoms with van der Waals surface area (Å²) in [6, 6.07) is 17.1. The standard InChI is InChI=1S/C29H36N4O5/c34-27(31-36)14-8-3-9-15-28(35)33(20-26-30-29(38-32-26)23-12-6-2-7-13-23)24-16-18-25(19-17-24)37-21-22-10-4-1-5-11-22/h2,6-7,12-13,16-19,22,36H,1,3-5,8-11,14-15,20-21H2,(H,31,34). The molecule has 1 aliphatic carbocycles. The number of hydroxylamine groups is 1. The van der Waals surface area contributed by atoms with Gasteiger partial charge in [0.2, 0.25) is 11.8 Å². The zero-order valence-electron chi connectivity index (χ0n) is 21.7. The first-order valence-electron chi connectivity index (χ1n) is 13.5. The number of hydrogen-bond acceptors (Lipinski definition) is 7. The van der Waals surface area contributed by atoms with E-state index in [1.54, 1.807) is 10.4 Å². The molecular weight excluding hydrogens is 484 g/mol. The largest absolute Gasteiger partial charge is 0.493 e. The van der Waals surface area contributed by atoms with Gasteiger partial charge in [-0.3, -0.25) is 14.8 Å². The molecule has 0 unspecified atom stereocenters. The van der Waals surface area contributed by atoms with Crippen LogP contribution in [0.15, 0.2) is 59.1 Å². The van der Waals surface area contributed by atoms with Crippen LogP contribution in [0.1, 0.15) is 70.0 Å². The lowest BCUT2D eigenvalue weighted by Crippen LogP contribution is -2.30. The Bertz CT molecular complexity index is 1140. The van der Waals surface area contributed by atoms with Crippen molar-refractivity contribution < 1.29 is 24.1 Å². The van der Waals surface area contributed by atoms with E-state index in [1.807, 2.05) is 54.6 Å². The van der Waals surface area contributed by atoms with Gasteiger partial charge in [0.15, 0.2) is 5.82 Å². The van der Waals surface area contributed by atoms with Gasteiger partial charge in [0.1, 0.15) is 5.75 Å². The molecule has 38 heavy (non-hydrogen) atoms. The van der Waals surface area contributed by atoms with Crippen LogP contribution in [0.3, 0.4) is 0 Å². The van der Waals surface area contributed by atoms with Crippen LogP contribution in [0.25, 0.3) is 11.5 Å². The normalized spacial score (nSPS) is 13.7. The van der Waals surface area contributed by atoms with Gasteiger partial charge in [-0.2, -0.15) is 4.98 Å². The Morgan fingerprint density at radius 3 is 2.45 bits per heavy atom. The summed E-state index contributed by atoms with van der Waals surface area (Å²) in [6.07, 6.45) is 8.77. The smallest absolute Gasteiger partial charge is 0.257 e. The summed E-state index contributed by atoms with van der Waals surface area (Å²) in [5.74, 6) is 1.73. The average Bonchev–Trinajstić information content (AvgIpc) is 3.44. The van der Waals surface area contributed by atoms with Gasteiger partial charge in [0.05, 0.1) is 13.2 Å². The first kappa shape index (κ1) is 27.3. The number of benzene rings is 2. The Hall–Kier alpha value is -3.72. The number of rotatable bonds is 13. The van der Waals surface area contributed by atoms with Crippen LogP contribution < -0.4 is 15.1 Å². The first-order chi connectivity index (χ1) is 18.6. The van der Waals surface area contributed by atoms with Gasteiger partial charge in [0.25, 0.3) is 5.89 Å². The molecular formula is C29H36N4O5. The number of carbonyl (C=O) groups excluding carboxylic acids is 2. The van der Waals surface area contributed by atoms with Crippen molar-refractivity contribution in [3.63, 3.8) is 0 Å². The second kappa shape index (κ2) is 14.3. The van der Waals surface area contributed by atoms with Crippen molar-refractivity contribution in [1.82, 2.24) is 15.6 Å². The van der Waals surface area contributed by atoms with E-state index in [0.29, 0.717) is 43.3 Å². The molecule has 0 aliphatic heterocycles. The Balaban J connectivity index is 1.41. The van der Waals surface area contributed by atoms with Gasteiger partial charge in [0, 0.05) is 24.1 Å². The highest BCUT2D eigenvalue weighted by atomic mass is 16.5. The SMILES string of the molecule is O=C(CCCCCC(=O)N(Cc1noc(-c2ccccc2)n1)c1ccc(OCC2CCCCC2)cc1)NO. The number of ether oxygens (including phenoxy) is 1. The minimum absolute atomic E-state index is 0.0708. The number of anilines is 1. The highest BCUT2D eigenvalue weighted by Crippen LogP contribution is 2.27. The number of aromatic nitrogens is 2. The van der Waals surface area contributed by atoms with Crippen LogP contribution in [0.5, 0.6) is 5.75 Å². The van der Waals surface area contributed by atoms with E-state index < -0.39 is 5.91 Å². The fourth-order valence-corrected chi connectivity index (χ4v) is 4.70. The minimum atomic E-state index is -0.421. The molecule has 2 aromatic carbocycles. The lowest BCUT2D eigenvalue weighted by atomic mass is 9.90. The second-order valence-electron chi connectivity index (χ2n) is 9.77. The molecule has 9 heteroatoms. The Kier molecular flexibility index (Phi) is 10.3. The summed E-state index contributed by atoms with van der Waals surface area (Å²) < 4.78 is 11.5. The molecule has 2 amide bonds. The molecule has 202 valence electrons. The van der Waals surface area contributed by atoms with E-state index in [0.717, 1.165) is 23.6 Å². The monoisotopic (exact) mass is 520 g/mol. The molecule has 1 aromatic heterocycles. The summed E-state index contributed by atoms with van der Waals surface area (Å²) in [5.41, 5.74) is 3.17. The van der Waals surface area contributed by atoms with E-state index in [-0.39, 0.29) is 18.9 Å². The van der Waals surface area contributed by atoms with E-state index in [9.17, 15) is 9.59 Å². The molecule has 1 fully saturated rings. The van der Waals surface area contributed by atoms with E-state index in [4.69, 9.17) is 14.5 Å². The van der Waals surface area contributed by atoms with Gasteiger partial charge in [-0.1, -0.05) is 49.0 Å². The lowest BCUT2D eigenvalue weighted by molar-refractivity contribution is -0.129. The van der Waals surface area contributed by atoms with E-state index in [2.05, 4.69) is 10.1 Å². The number of hydrogen-bond donors (Lipinski definition) is 2. The summed E-state index contributed by atoms with van der Waals surface area (Å²) in [4.78, 5) is 30.6. The average molecular weight is 521 g/mol. The molecule has 0 atom stereocenters. The highest BCUT2D eigenvalue weighted by Gasteiger charge is 2.20. The molecule has 1 aliphatic rings. The van der Waals surface area contributed by atoms with Crippen LogP contribution in [0.4, 0.5) is 5.69 Å². The van der Waals surface area contributed by atoms with E-state index in [1.165, 1.54) is 32.1 Å². The summed E-state index contributed by atoms with van der Waals surface area (Å²) in [6.45, 7) is 0.895. The summed E-state index contributed by atoms with van der Waals surface area (Å²) >= 11 is 0. The van der Waals surface area contributed by atoms with Gasteiger partial charge in [-0.05, 0) is 68.0 Å². The first-order valence-corrected chi connectivity index (χ1v) is 13.5. The third-order valence-corrected chi connectivity index (χ3v) is 6.87. The maximum absolute atomic E-state index is 13.3. The van der Waals surface area contributed by atoms with Crippen LogP contribution in [0, 0.1) is 5.92 Å². The molecule has 9 nitrogen and oxygen atoms in total. The molecule has 1 heterocycles. The van der Waals surface area contributed by atoms with Crippen molar-refractivity contribution in [2.45, 2.75) is 70.8 Å². The number of amides is 2. The third kappa shape index (κ3) is 8.14. The maximum Gasteiger partial charge on any atom is 0.257 e. The summed E-state index contributed by atoms with van der Waals surface area (Å²) in [7, 11) is 0. The number of nitrogens with one attached hydrogen (secondary N) is 1. The van der Waals surface area contributed by atoms with Crippen molar-refractivity contribution in [2.24, 2.45) is 5.92 Å². The minimum Gasteiger partial charge on any atom is -0.493 e. The van der Waals surface area contributed by atoms with Crippen LogP contribution in [-0.4, -0.2) is 33.8 Å². The number of nitrogens with zero attached hydrogens (tertiary/aromatic N) is 3. The van der Waals surface area contributed by atoms with Crippen molar-refractivity contribution in [2.75, 3.05) is 11.5 Å². The molecule has 4 rings (SSSR count). The fraction of sp³-hybridized carbons (Fsp3) is 0.448. The maximum atomic E-state index is 13.3. The van der Waals surface area contributed by atoms with Gasteiger partial charge < -0.3 is 14.2 Å². The molecule has 1 saturated carbocycles. The lowest BCUT2D eigenvalue weighted by Gasteiger charge is -2.23. The summed E-state index contributed by atoms with van der Waals surface area (Å²) in [5, 5.41) is 12.7. The van der Waals surface area contributed by atoms with Crippen molar-refractivity contribution in [3.8, 4) is 17.2 Å². The number of carbonyl (C=O) groups is 2. The Morgan fingerprint density at radius 1 is 0.974 bits per heavy atom. The predicted octanol–water partition coefficient (Wildman–Crippen LogP) is 5.68. The number of unbranched alkanes of at least 4 members (excludes halogenated alkanes) is 2. The Morgan fingerprint density at radius 2 is 1.71 bits per heavy atom. The highest BCUT2D eigenvalue weighted by molar-refractivity contribution is 5.93. The van der Waals surface area contributed by atoms with Crippen LogP contribution in [-0.2, 0) is 16.1 Å². The second-order valence-corrected chi connectivity index (χ2v) is 9.77. The van der Waals surface area contributed by atoms with Crippen molar-refractivity contribution in [3.05, 3.63) is 60.4 Å². The molecule has 0 saturated heterocycles. The molecule has 2 N–H and O–H groups in total. The Labute approximate surface area is 223 Å². The zero-order valence-corrected chi connectivity index (χ0v) is 21.7. The quantitative estimate of drug-likeness (QED) is 0.169. The predicted molar refractivity (Wildman–Crippen MR) is 142 cm³/mol. The van der Waals surface area contributed by atoms with Gasteiger partial charge >= 0.3 is 0 Å². The van der Waals surface area contributed by atoms with Gasteiger partial charge in [-0.15, -0.1) is 0 Å². The molecule has 0 bridgehead atoms. The van der Waals surface area contributed by atoms with Gasteiger partial charge in [-0.25, -0.2) is 5.48 Å². The molecule has 0 radical (unpaired) electrons. The molecule has 3 aromatic rings. The third-order valence-electron chi connectivity index (χ3n) is 6.87. The van der Waals surface area contributed by atoms with E-state index >= 15 is 0 Å². The van der Waals surface area contributed by atoms with Crippen molar-refractivity contribution in [1.29, 1.82) is 0 Å². The zero-order chi connectivity index (χ0) is 26.6. The molecule has 0 spiro atoms. The fourth-order valence-electron chi connectivity index (χ4n) is 4.70. The van der Waals surface area contributed by atoms with Crippen molar-refractivity contribution >= 4 is 17.5 Å². The topological polar surface area (TPSA) is 118 Å². The van der Waals surface area contributed by atoms with Crippen LogP contribution in [0.2, 0.25) is 0 Å².